The van der Waals surface area contributed by atoms with E-state index in [0.29, 0.717) is 5.92 Å². The fraction of sp³-hybridized carbons (Fsp3) is 0.857. The van der Waals surface area contributed by atoms with E-state index in [1.165, 1.54) is 19.6 Å². The van der Waals surface area contributed by atoms with Crippen molar-refractivity contribution < 1.29 is 9.47 Å². The van der Waals surface area contributed by atoms with E-state index in [4.69, 9.17) is 9.47 Å². The molecule has 0 aromatic heterocycles. The van der Waals surface area contributed by atoms with Crippen LogP contribution >= 0.6 is 0 Å². The van der Waals surface area contributed by atoms with Gasteiger partial charge in [0.1, 0.15) is 0 Å². The molecule has 1 aliphatic heterocycles. The van der Waals surface area contributed by atoms with Crippen molar-refractivity contribution in [3.8, 4) is 0 Å². The van der Waals surface area contributed by atoms with Gasteiger partial charge in [0.15, 0.2) is 0 Å². The Bertz CT molecular complexity index is 93.1. The summed E-state index contributed by atoms with van der Waals surface area (Å²) in [5.74, 6) is 1.61. The molecule has 51 valence electrons. The molecule has 2 heteroatoms. The van der Waals surface area contributed by atoms with Crippen LogP contribution in [-0.4, -0.2) is 13.2 Å². The lowest BCUT2D eigenvalue weighted by Gasteiger charge is -2.20. The standard InChI is InChI=1S/C7H11O2/c1-2-6(1)7-3-8-5-9-4-7/h5-7H,1-4H2. The Hall–Kier alpha value is -0.0800. The lowest BCUT2D eigenvalue weighted by Crippen LogP contribution is -2.22. The maximum atomic E-state index is 5.04. The molecule has 2 nitrogen and oxygen atoms in total. The molecule has 1 heterocycles. The van der Waals surface area contributed by atoms with Crippen LogP contribution in [0.3, 0.4) is 0 Å². The molecule has 1 saturated carbocycles. The molecule has 0 spiro atoms. The minimum Gasteiger partial charge on any atom is -0.348 e. The molecule has 2 fully saturated rings. The summed E-state index contributed by atoms with van der Waals surface area (Å²) < 4.78 is 10.1. The van der Waals surface area contributed by atoms with Gasteiger partial charge in [-0.2, -0.15) is 0 Å². The highest BCUT2D eigenvalue weighted by Crippen LogP contribution is 2.38. The van der Waals surface area contributed by atoms with Crippen molar-refractivity contribution in [1.29, 1.82) is 0 Å². The lowest BCUT2D eigenvalue weighted by molar-refractivity contribution is -0.0684. The lowest BCUT2D eigenvalue weighted by atomic mass is 10.1. The fourth-order valence-electron chi connectivity index (χ4n) is 1.26. The monoisotopic (exact) mass is 127 g/mol. The van der Waals surface area contributed by atoms with Crippen molar-refractivity contribution in [2.45, 2.75) is 12.8 Å². The molecule has 0 bridgehead atoms. The van der Waals surface area contributed by atoms with E-state index >= 15 is 0 Å². The average molecular weight is 127 g/mol. The quantitative estimate of drug-likeness (QED) is 0.526. The fourth-order valence-corrected chi connectivity index (χ4v) is 1.26. The highest BCUT2D eigenvalue weighted by atomic mass is 16.7. The van der Waals surface area contributed by atoms with Crippen molar-refractivity contribution in [2.24, 2.45) is 11.8 Å². The summed E-state index contributed by atoms with van der Waals surface area (Å²) in [5.41, 5.74) is 0. The molecule has 0 unspecified atom stereocenters. The van der Waals surface area contributed by atoms with Gasteiger partial charge in [0.05, 0.1) is 13.2 Å². The average Bonchev–Trinajstić information content (AvgIpc) is 2.71. The van der Waals surface area contributed by atoms with Gasteiger partial charge in [-0.15, -0.1) is 0 Å². The third-order valence-corrected chi connectivity index (χ3v) is 2.05. The largest absolute Gasteiger partial charge is 0.348 e. The molecule has 0 amide bonds. The number of hydrogen-bond acceptors (Lipinski definition) is 2. The first-order valence-corrected chi connectivity index (χ1v) is 3.52. The molecule has 2 aliphatic rings. The van der Waals surface area contributed by atoms with E-state index < -0.39 is 0 Å². The summed E-state index contributed by atoms with van der Waals surface area (Å²) in [6, 6.07) is 0. The van der Waals surface area contributed by atoms with E-state index in [0.717, 1.165) is 19.1 Å². The Balaban J connectivity index is 1.80. The molecule has 1 radical (unpaired) electrons. The first kappa shape index (κ1) is 5.69. The van der Waals surface area contributed by atoms with Gasteiger partial charge < -0.3 is 9.47 Å². The first-order chi connectivity index (χ1) is 4.47. The van der Waals surface area contributed by atoms with Gasteiger partial charge in [-0.05, 0) is 18.8 Å². The molecule has 2 rings (SSSR count). The minimum atomic E-state index is 0.690. The predicted octanol–water partition coefficient (Wildman–Crippen LogP) is 1.18. The molecule has 0 aromatic rings. The van der Waals surface area contributed by atoms with Gasteiger partial charge in [-0.1, -0.05) is 0 Å². The van der Waals surface area contributed by atoms with Crippen LogP contribution in [-0.2, 0) is 9.47 Å². The Labute approximate surface area is 55.1 Å². The van der Waals surface area contributed by atoms with Crippen LogP contribution in [0.2, 0.25) is 0 Å². The van der Waals surface area contributed by atoms with Crippen molar-refractivity contribution in [1.82, 2.24) is 0 Å². The second kappa shape index (κ2) is 2.27. The zero-order valence-corrected chi connectivity index (χ0v) is 5.38. The van der Waals surface area contributed by atoms with Gasteiger partial charge in [0.25, 0.3) is 0 Å². The van der Waals surface area contributed by atoms with E-state index in [1.807, 2.05) is 0 Å². The minimum absolute atomic E-state index is 0.690. The van der Waals surface area contributed by atoms with Crippen LogP contribution < -0.4 is 0 Å². The van der Waals surface area contributed by atoms with E-state index in [1.54, 1.807) is 0 Å². The molecule has 1 saturated heterocycles. The van der Waals surface area contributed by atoms with Crippen LogP contribution in [0.15, 0.2) is 0 Å². The Kier molecular flexibility index (Phi) is 1.44. The van der Waals surface area contributed by atoms with Crippen molar-refractivity contribution in [3.63, 3.8) is 0 Å². The molecule has 1 aliphatic carbocycles. The van der Waals surface area contributed by atoms with Gasteiger partial charge >= 0.3 is 0 Å². The summed E-state index contributed by atoms with van der Waals surface area (Å²) in [6.07, 6.45) is 2.77. The first-order valence-electron chi connectivity index (χ1n) is 3.52. The van der Waals surface area contributed by atoms with E-state index in [2.05, 4.69) is 0 Å². The SMILES string of the molecule is [CH]1OCC(C2CC2)CO1. The molecule has 0 aromatic carbocycles. The van der Waals surface area contributed by atoms with Crippen molar-refractivity contribution in [3.05, 3.63) is 6.79 Å². The molecule has 0 N–H and O–H groups in total. The van der Waals surface area contributed by atoms with Crippen molar-refractivity contribution in [2.75, 3.05) is 13.2 Å². The molecule has 0 atom stereocenters. The normalized spacial score (nSPS) is 30.7. The Morgan fingerprint density at radius 3 is 2.22 bits per heavy atom. The summed E-state index contributed by atoms with van der Waals surface area (Å²) in [5, 5.41) is 0. The Morgan fingerprint density at radius 2 is 1.67 bits per heavy atom. The highest BCUT2D eigenvalue weighted by Gasteiger charge is 2.32. The third kappa shape index (κ3) is 1.25. The molecular weight excluding hydrogens is 116 g/mol. The van der Waals surface area contributed by atoms with Crippen LogP contribution in [0.1, 0.15) is 12.8 Å². The van der Waals surface area contributed by atoms with Crippen LogP contribution in [0.25, 0.3) is 0 Å². The number of ether oxygens (including phenoxy) is 2. The second-order valence-electron chi connectivity index (χ2n) is 2.86. The summed E-state index contributed by atoms with van der Waals surface area (Å²) in [7, 11) is 0. The predicted molar refractivity (Wildman–Crippen MR) is 32.4 cm³/mol. The zero-order valence-electron chi connectivity index (χ0n) is 5.38. The van der Waals surface area contributed by atoms with Gasteiger partial charge in [0.2, 0.25) is 6.79 Å². The Morgan fingerprint density at radius 1 is 1.00 bits per heavy atom. The zero-order chi connectivity index (χ0) is 6.10. The number of rotatable bonds is 1. The van der Waals surface area contributed by atoms with Gasteiger partial charge in [-0.25, -0.2) is 0 Å². The smallest absolute Gasteiger partial charge is 0.209 e. The van der Waals surface area contributed by atoms with Crippen LogP contribution in [0, 0.1) is 18.6 Å². The van der Waals surface area contributed by atoms with Crippen LogP contribution in [0.5, 0.6) is 0 Å². The third-order valence-electron chi connectivity index (χ3n) is 2.05. The topological polar surface area (TPSA) is 18.5 Å². The maximum absolute atomic E-state index is 5.04. The summed E-state index contributed by atoms with van der Waals surface area (Å²) in [6.45, 7) is 3.22. The molecular formula is C7H11O2. The maximum Gasteiger partial charge on any atom is 0.209 e. The van der Waals surface area contributed by atoms with Crippen molar-refractivity contribution >= 4 is 0 Å². The highest BCUT2D eigenvalue weighted by molar-refractivity contribution is 4.82. The summed E-state index contributed by atoms with van der Waals surface area (Å²) >= 11 is 0. The van der Waals surface area contributed by atoms with Gasteiger partial charge in [-0.3, -0.25) is 0 Å². The number of hydrogen-bond donors (Lipinski definition) is 0. The van der Waals surface area contributed by atoms with Crippen LogP contribution in [0.4, 0.5) is 0 Å². The van der Waals surface area contributed by atoms with E-state index in [-0.39, 0.29) is 0 Å². The van der Waals surface area contributed by atoms with E-state index in [9.17, 15) is 0 Å². The molecule has 9 heavy (non-hydrogen) atoms. The van der Waals surface area contributed by atoms with Gasteiger partial charge in [0, 0.05) is 5.92 Å². The second-order valence-corrected chi connectivity index (χ2v) is 2.86. The summed E-state index contributed by atoms with van der Waals surface area (Å²) in [4.78, 5) is 0.